The standard InChI is InChI=1S/C21H20O5/c22-12-17-16-10-20(23)25-18(16)11-19(17)26-21(24)15-8-6-14(7-9-15)13-4-2-1-3-5-13/h1-9,16-19,22H,10-12H2/t16-,17+,18-,19-/m0/s1. The maximum atomic E-state index is 12.5. The highest BCUT2D eigenvalue weighted by molar-refractivity contribution is 5.90. The first-order chi connectivity index (χ1) is 12.7. The van der Waals surface area contributed by atoms with E-state index in [0.717, 1.165) is 11.1 Å². The average molecular weight is 352 g/mol. The number of carbonyl (C=O) groups excluding carboxylic acids is 2. The molecule has 0 spiro atoms. The number of ether oxygens (including phenoxy) is 2. The lowest BCUT2D eigenvalue weighted by molar-refractivity contribution is -0.141. The van der Waals surface area contributed by atoms with E-state index < -0.39 is 12.1 Å². The molecule has 1 heterocycles. The highest BCUT2D eigenvalue weighted by Crippen LogP contribution is 2.42. The number of fused-ring (bicyclic) bond motifs is 1. The molecule has 4 rings (SSSR count). The zero-order valence-corrected chi connectivity index (χ0v) is 14.2. The highest BCUT2D eigenvalue weighted by atomic mass is 16.6. The van der Waals surface area contributed by atoms with E-state index in [9.17, 15) is 14.7 Å². The van der Waals surface area contributed by atoms with Crippen LogP contribution in [0, 0.1) is 11.8 Å². The van der Waals surface area contributed by atoms with Gasteiger partial charge in [-0.3, -0.25) is 4.79 Å². The van der Waals surface area contributed by atoms with Gasteiger partial charge in [-0.2, -0.15) is 0 Å². The zero-order valence-electron chi connectivity index (χ0n) is 14.2. The fraction of sp³-hybridized carbons (Fsp3) is 0.333. The summed E-state index contributed by atoms with van der Waals surface area (Å²) in [7, 11) is 0. The number of carbonyl (C=O) groups is 2. The van der Waals surface area contributed by atoms with E-state index >= 15 is 0 Å². The lowest BCUT2D eigenvalue weighted by Gasteiger charge is -2.20. The molecular formula is C21H20O5. The molecule has 2 aromatic carbocycles. The molecule has 0 bridgehead atoms. The fourth-order valence-electron chi connectivity index (χ4n) is 3.98. The largest absolute Gasteiger partial charge is 0.462 e. The van der Waals surface area contributed by atoms with Crippen LogP contribution in [0.4, 0.5) is 0 Å². The van der Waals surface area contributed by atoms with Crippen LogP contribution in [0.2, 0.25) is 0 Å². The predicted molar refractivity (Wildman–Crippen MR) is 94.3 cm³/mol. The minimum atomic E-state index is -0.426. The molecule has 0 unspecified atom stereocenters. The second-order valence-corrected chi connectivity index (χ2v) is 6.87. The number of hydrogen-bond acceptors (Lipinski definition) is 5. The van der Waals surface area contributed by atoms with Crippen molar-refractivity contribution < 1.29 is 24.2 Å². The van der Waals surface area contributed by atoms with Gasteiger partial charge in [-0.1, -0.05) is 42.5 Å². The van der Waals surface area contributed by atoms with Crippen molar-refractivity contribution in [3.05, 3.63) is 60.2 Å². The van der Waals surface area contributed by atoms with Gasteiger partial charge in [0.2, 0.25) is 0 Å². The topological polar surface area (TPSA) is 72.8 Å². The van der Waals surface area contributed by atoms with Gasteiger partial charge < -0.3 is 14.6 Å². The molecule has 0 radical (unpaired) electrons. The van der Waals surface area contributed by atoms with Crippen molar-refractivity contribution >= 4 is 11.9 Å². The molecule has 1 aliphatic heterocycles. The number of aliphatic hydroxyl groups is 1. The number of aliphatic hydroxyl groups excluding tert-OH is 1. The average Bonchev–Trinajstić information content (AvgIpc) is 3.17. The molecule has 1 saturated carbocycles. The molecule has 0 aromatic heterocycles. The van der Waals surface area contributed by atoms with Crippen LogP contribution in [0.3, 0.4) is 0 Å². The van der Waals surface area contributed by atoms with E-state index in [-0.39, 0.29) is 36.9 Å². The Morgan fingerprint density at radius 1 is 1.08 bits per heavy atom. The Balaban J connectivity index is 1.44. The molecule has 1 saturated heterocycles. The van der Waals surface area contributed by atoms with Crippen molar-refractivity contribution in [1.82, 2.24) is 0 Å². The second kappa shape index (κ2) is 6.92. The molecule has 26 heavy (non-hydrogen) atoms. The van der Waals surface area contributed by atoms with Crippen LogP contribution < -0.4 is 0 Å². The predicted octanol–water partition coefficient (Wildman–Crippen LogP) is 2.82. The van der Waals surface area contributed by atoms with Crippen LogP contribution in [0.25, 0.3) is 11.1 Å². The molecule has 2 aliphatic rings. The molecule has 1 aliphatic carbocycles. The maximum Gasteiger partial charge on any atom is 0.338 e. The first kappa shape index (κ1) is 16.8. The SMILES string of the molecule is O=C1C[C@H]2[C@@H](CO)[C@@H](OC(=O)c3ccc(-c4ccccc4)cc3)C[C@@H]2O1. The number of esters is 2. The van der Waals surface area contributed by atoms with Crippen molar-refractivity contribution in [2.24, 2.45) is 11.8 Å². The summed E-state index contributed by atoms with van der Waals surface area (Å²) in [6.45, 7) is -0.122. The highest BCUT2D eigenvalue weighted by Gasteiger charge is 2.51. The van der Waals surface area contributed by atoms with Crippen LogP contribution in [-0.4, -0.2) is 35.9 Å². The van der Waals surface area contributed by atoms with E-state index in [1.807, 2.05) is 42.5 Å². The van der Waals surface area contributed by atoms with Gasteiger partial charge in [0, 0.05) is 24.9 Å². The van der Waals surface area contributed by atoms with E-state index in [1.165, 1.54) is 0 Å². The summed E-state index contributed by atoms with van der Waals surface area (Å²) in [5, 5.41) is 9.66. The van der Waals surface area contributed by atoms with Crippen molar-refractivity contribution in [2.45, 2.75) is 25.0 Å². The molecule has 5 heteroatoms. The molecule has 0 amide bonds. The number of hydrogen-bond donors (Lipinski definition) is 1. The van der Waals surface area contributed by atoms with Gasteiger partial charge in [-0.25, -0.2) is 4.79 Å². The molecular weight excluding hydrogens is 332 g/mol. The van der Waals surface area contributed by atoms with E-state index in [1.54, 1.807) is 12.1 Å². The summed E-state index contributed by atoms with van der Waals surface area (Å²) < 4.78 is 10.9. The minimum Gasteiger partial charge on any atom is -0.462 e. The smallest absolute Gasteiger partial charge is 0.338 e. The third kappa shape index (κ3) is 3.10. The third-order valence-corrected chi connectivity index (χ3v) is 5.35. The summed E-state index contributed by atoms with van der Waals surface area (Å²) in [5.41, 5.74) is 2.58. The monoisotopic (exact) mass is 352 g/mol. The summed E-state index contributed by atoms with van der Waals surface area (Å²) in [6, 6.07) is 17.2. The molecule has 4 atom stereocenters. The van der Waals surface area contributed by atoms with Gasteiger partial charge >= 0.3 is 11.9 Å². The van der Waals surface area contributed by atoms with Gasteiger partial charge in [0.05, 0.1) is 12.0 Å². The molecule has 2 aromatic rings. The van der Waals surface area contributed by atoms with Gasteiger partial charge in [-0.05, 0) is 23.3 Å². The van der Waals surface area contributed by atoms with Gasteiger partial charge in [0.25, 0.3) is 0 Å². The lowest BCUT2D eigenvalue weighted by Crippen LogP contribution is -2.28. The quantitative estimate of drug-likeness (QED) is 0.857. The summed E-state index contributed by atoms with van der Waals surface area (Å²) in [6.07, 6.45) is 0.0628. The number of rotatable bonds is 4. The Morgan fingerprint density at radius 2 is 1.77 bits per heavy atom. The van der Waals surface area contributed by atoms with Gasteiger partial charge in [0.15, 0.2) is 0 Å². The summed E-state index contributed by atoms with van der Waals surface area (Å²) in [4.78, 5) is 23.9. The molecule has 5 nitrogen and oxygen atoms in total. The maximum absolute atomic E-state index is 12.5. The van der Waals surface area contributed by atoms with E-state index in [0.29, 0.717) is 12.0 Å². The third-order valence-electron chi connectivity index (χ3n) is 5.35. The summed E-state index contributed by atoms with van der Waals surface area (Å²) >= 11 is 0. The Hall–Kier alpha value is -2.66. The van der Waals surface area contributed by atoms with Crippen LogP contribution in [0.5, 0.6) is 0 Å². The van der Waals surface area contributed by atoms with Crippen molar-refractivity contribution in [1.29, 1.82) is 0 Å². The van der Waals surface area contributed by atoms with Crippen LogP contribution in [-0.2, 0) is 14.3 Å². The lowest BCUT2D eigenvalue weighted by atomic mass is 9.93. The molecule has 1 N–H and O–H groups in total. The Bertz CT molecular complexity index is 799. The normalized spacial score (nSPS) is 27.0. The fourth-order valence-corrected chi connectivity index (χ4v) is 3.98. The second-order valence-electron chi connectivity index (χ2n) is 6.87. The van der Waals surface area contributed by atoms with E-state index in [2.05, 4.69) is 0 Å². The molecule has 134 valence electrons. The van der Waals surface area contributed by atoms with Crippen LogP contribution >= 0.6 is 0 Å². The van der Waals surface area contributed by atoms with Gasteiger partial charge in [0.1, 0.15) is 12.2 Å². The van der Waals surface area contributed by atoms with Crippen molar-refractivity contribution in [2.75, 3.05) is 6.61 Å². The Labute approximate surface area is 151 Å². The molecule has 2 fully saturated rings. The van der Waals surface area contributed by atoms with Crippen molar-refractivity contribution in [3.8, 4) is 11.1 Å². The Morgan fingerprint density at radius 3 is 2.46 bits per heavy atom. The summed E-state index contributed by atoms with van der Waals surface area (Å²) in [5.74, 6) is -0.969. The minimum absolute atomic E-state index is 0.0641. The zero-order chi connectivity index (χ0) is 18.1. The van der Waals surface area contributed by atoms with Crippen LogP contribution in [0.1, 0.15) is 23.2 Å². The first-order valence-electron chi connectivity index (χ1n) is 8.82. The number of benzene rings is 2. The van der Waals surface area contributed by atoms with Gasteiger partial charge in [-0.15, -0.1) is 0 Å². The van der Waals surface area contributed by atoms with Crippen LogP contribution in [0.15, 0.2) is 54.6 Å². The Kier molecular flexibility index (Phi) is 4.47. The van der Waals surface area contributed by atoms with Crippen molar-refractivity contribution in [3.63, 3.8) is 0 Å². The van der Waals surface area contributed by atoms with E-state index in [4.69, 9.17) is 9.47 Å². The first-order valence-corrected chi connectivity index (χ1v) is 8.82.